The van der Waals surface area contributed by atoms with Crippen molar-refractivity contribution >= 4 is 23.6 Å². The molecule has 1 amide bonds. The Labute approximate surface area is 192 Å². The van der Waals surface area contributed by atoms with Gasteiger partial charge in [0.1, 0.15) is 11.8 Å². The predicted molar refractivity (Wildman–Crippen MR) is 115 cm³/mol. The topological polar surface area (TPSA) is 122 Å². The van der Waals surface area contributed by atoms with Crippen LogP contribution in [-0.4, -0.2) is 91.8 Å². The molecule has 14 heteroatoms. The van der Waals surface area contributed by atoms with Gasteiger partial charge in [-0.25, -0.2) is 0 Å². The van der Waals surface area contributed by atoms with Gasteiger partial charge in [-0.2, -0.15) is 32.6 Å². The van der Waals surface area contributed by atoms with Crippen molar-refractivity contribution in [1.29, 1.82) is 0 Å². The first-order valence-electron chi connectivity index (χ1n) is 11.0. The number of anilines is 2. The zero-order valence-corrected chi connectivity index (χ0v) is 18.5. The van der Waals surface area contributed by atoms with E-state index in [0.29, 0.717) is 30.3 Å². The summed E-state index contributed by atoms with van der Waals surface area (Å²) in [6.45, 7) is 2.26. The van der Waals surface area contributed by atoms with Crippen LogP contribution < -0.4 is 10.6 Å². The monoisotopic (exact) mass is 479 g/mol. The fourth-order valence-electron chi connectivity index (χ4n) is 4.44. The Morgan fingerprint density at radius 1 is 1.15 bits per heavy atom. The van der Waals surface area contributed by atoms with Gasteiger partial charge in [-0.15, -0.1) is 5.10 Å². The summed E-state index contributed by atoms with van der Waals surface area (Å²) >= 11 is 0. The number of alkyl halides is 3. The fraction of sp³-hybridized carbons (Fsp3) is 0.550. The standard InChI is InChI=1S/C20H24F3N9O2/c1-12-4-5-14(34-12)15-25-19-27-18(26-17(24)32(19)28-15)31-6-2-3-13(31)16(33)30-9-7-29(8-10-30)11-20(21,22)23/h4-5,13H,2-3,6-11H2,1H3,(H2,24,25,26,27,28)/t13-/m0/s1. The van der Waals surface area contributed by atoms with E-state index in [1.165, 1.54) is 9.42 Å². The number of furan rings is 1. The van der Waals surface area contributed by atoms with Crippen LogP contribution in [0.3, 0.4) is 0 Å². The number of aromatic nitrogens is 5. The zero-order chi connectivity index (χ0) is 24.0. The third-order valence-corrected chi connectivity index (χ3v) is 6.06. The van der Waals surface area contributed by atoms with Gasteiger partial charge in [-0.3, -0.25) is 9.69 Å². The van der Waals surface area contributed by atoms with E-state index in [0.717, 1.165) is 6.42 Å². The number of aryl methyl sites for hydroxylation is 1. The number of hydrogen-bond acceptors (Lipinski definition) is 9. The summed E-state index contributed by atoms with van der Waals surface area (Å²) in [7, 11) is 0. The minimum atomic E-state index is -4.25. The van der Waals surface area contributed by atoms with Crippen molar-refractivity contribution in [2.45, 2.75) is 32.0 Å². The molecule has 3 aromatic rings. The zero-order valence-electron chi connectivity index (χ0n) is 18.5. The quantitative estimate of drug-likeness (QED) is 0.591. The summed E-state index contributed by atoms with van der Waals surface area (Å²) in [5.41, 5.74) is 6.11. The third kappa shape index (κ3) is 4.36. The molecule has 3 aromatic heterocycles. The average Bonchev–Trinajstić information content (AvgIpc) is 3.51. The fourth-order valence-corrected chi connectivity index (χ4v) is 4.44. The Morgan fingerprint density at radius 3 is 2.59 bits per heavy atom. The first kappa shape index (κ1) is 22.4. The Balaban J connectivity index is 1.33. The highest BCUT2D eigenvalue weighted by Crippen LogP contribution is 2.27. The lowest BCUT2D eigenvalue weighted by Gasteiger charge is -2.37. The van der Waals surface area contributed by atoms with Crippen molar-refractivity contribution < 1.29 is 22.4 Å². The summed E-state index contributed by atoms with van der Waals surface area (Å²) in [4.78, 5) is 31.2. The van der Waals surface area contributed by atoms with Crippen LogP contribution in [-0.2, 0) is 4.79 Å². The largest absolute Gasteiger partial charge is 0.458 e. The van der Waals surface area contributed by atoms with E-state index in [9.17, 15) is 18.0 Å². The molecule has 0 aliphatic carbocycles. The highest BCUT2D eigenvalue weighted by atomic mass is 19.4. The third-order valence-electron chi connectivity index (χ3n) is 6.06. The second-order valence-corrected chi connectivity index (χ2v) is 8.51. The van der Waals surface area contributed by atoms with Crippen LogP contribution in [0.1, 0.15) is 18.6 Å². The smallest absolute Gasteiger partial charge is 0.401 e. The molecule has 2 saturated heterocycles. The van der Waals surface area contributed by atoms with Gasteiger partial charge in [-0.1, -0.05) is 0 Å². The molecule has 182 valence electrons. The molecule has 0 saturated carbocycles. The highest BCUT2D eigenvalue weighted by molar-refractivity contribution is 5.85. The molecule has 0 spiro atoms. The number of hydrogen-bond donors (Lipinski definition) is 1. The SMILES string of the molecule is Cc1ccc(-c2nc3nc(N4CCC[C@H]4C(=O)N4CCN(CC(F)(F)F)CC4)nc(N)n3n2)o1. The lowest BCUT2D eigenvalue weighted by atomic mass is 10.1. The maximum absolute atomic E-state index is 13.2. The van der Waals surface area contributed by atoms with E-state index in [1.807, 2.05) is 6.92 Å². The summed E-state index contributed by atoms with van der Waals surface area (Å²) in [6.07, 6.45) is -2.90. The normalized spacial score (nSPS) is 19.9. The molecule has 34 heavy (non-hydrogen) atoms. The van der Waals surface area contributed by atoms with Gasteiger partial charge in [0, 0.05) is 32.7 Å². The number of nitrogen functional groups attached to an aromatic ring is 1. The number of piperazine rings is 1. The maximum Gasteiger partial charge on any atom is 0.401 e. The Bertz CT molecular complexity index is 1200. The van der Waals surface area contributed by atoms with E-state index in [1.54, 1.807) is 21.9 Å². The number of carbonyl (C=O) groups is 1. The number of amides is 1. The van der Waals surface area contributed by atoms with Crippen LogP contribution in [0, 0.1) is 6.92 Å². The average molecular weight is 479 g/mol. The van der Waals surface area contributed by atoms with Crippen molar-refractivity contribution in [2.75, 3.05) is 49.9 Å². The molecule has 0 bridgehead atoms. The lowest BCUT2D eigenvalue weighted by Crippen LogP contribution is -2.55. The van der Waals surface area contributed by atoms with Crippen LogP contribution >= 0.6 is 0 Å². The first-order chi connectivity index (χ1) is 16.2. The van der Waals surface area contributed by atoms with Crippen molar-refractivity contribution in [3.63, 3.8) is 0 Å². The van der Waals surface area contributed by atoms with Crippen molar-refractivity contribution in [3.8, 4) is 11.6 Å². The summed E-state index contributed by atoms with van der Waals surface area (Å²) < 4.78 is 44.8. The molecule has 2 fully saturated rings. The van der Waals surface area contributed by atoms with Crippen LogP contribution in [0.4, 0.5) is 25.1 Å². The van der Waals surface area contributed by atoms with Crippen molar-refractivity contribution in [1.82, 2.24) is 34.4 Å². The molecule has 5 heterocycles. The summed E-state index contributed by atoms with van der Waals surface area (Å²) in [5.74, 6) is 1.93. The van der Waals surface area contributed by atoms with E-state index in [2.05, 4.69) is 20.1 Å². The lowest BCUT2D eigenvalue weighted by molar-refractivity contribution is -0.152. The molecule has 11 nitrogen and oxygen atoms in total. The predicted octanol–water partition coefficient (Wildman–Crippen LogP) is 1.35. The molecule has 2 N–H and O–H groups in total. The molecule has 2 aliphatic heterocycles. The molecule has 2 aliphatic rings. The van der Waals surface area contributed by atoms with Crippen LogP contribution in [0.5, 0.6) is 0 Å². The Morgan fingerprint density at radius 2 is 1.91 bits per heavy atom. The molecule has 5 rings (SSSR count). The highest BCUT2D eigenvalue weighted by Gasteiger charge is 2.38. The van der Waals surface area contributed by atoms with E-state index in [4.69, 9.17) is 10.2 Å². The molecule has 1 atom stereocenters. The van der Waals surface area contributed by atoms with Gasteiger partial charge in [0.15, 0.2) is 5.76 Å². The molecular formula is C20H24F3N9O2. The minimum Gasteiger partial charge on any atom is -0.458 e. The number of nitrogens with two attached hydrogens (primary N) is 1. The van der Waals surface area contributed by atoms with Crippen LogP contribution in [0.15, 0.2) is 16.5 Å². The Kier molecular flexibility index (Phi) is 5.54. The van der Waals surface area contributed by atoms with Gasteiger partial charge >= 0.3 is 6.18 Å². The summed E-state index contributed by atoms with van der Waals surface area (Å²) in [5, 5.41) is 4.31. The number of nitrogens with zero attached hydrogens (tertiary/aromatic N) is 8. The number of halogens is 3. The molecule has 0 aromatic carbocycles. The van der Waals surface area contributed by atoms with E-state index >= 15 is 0 Å². The van der Waals surface area contributed by atoms with Crippen molar-refractivity contribution in [3.05, 3.63) is 17.9 Å². The second-order valence-electron chi connectivity index (χ2n) is 8.51. The van der Waals surface area contributed by atoms with Gasteiger partial charge < -0.3 is 20.0 Å². The number of rotatable bonds is 4. The van der Waals surface area contributed by atoms with Gasteiger partial charge in [0.2, 0.25) is 23.6 Å². The molecular weight excluding hydrogens is 455 g/mol. The number of fused-ring (bicyclic) bond motifs is 1. The van der Waals surface area contributed by atoms with Gasteiger partial charge in [0.05, 0.1) is 6.54 Å². The first-order valence-corrected chi connectivity index (χ1v) is 11.0. The molecule has 0 radical (unpaired) electrons. The van der Waals surface area contributed by atoms with Crippen LogP contribution in [0.2, 0.25) is 0 Å². The van der Waals surface area contributed by atoms with E-state index in [-0.39, 0.29) is 49.8 Å². The van der Waals surface area contributed by atoms with E-state index < -0.39 is 18.8 Å². The minimum absolute atomic E-state index is 0.0703. The Hall–Kier alpha value is -3.42. The second kappa shape index (κ2) is 8.42. The summed E-state index contributed by atoms with van der Waals surface area (Å²) in [6, 6.07) is 3.04. The van der Waals surface area contributed by atoms with Crippen LogP contribution in [0.25, 0.3) is 17.4 Å². The van der Waals surface area contributed by atoms with Gasteiger partial charge in [-0.05, 0) is 31.9 Å². The number of carbonyl (C=O) groups excluding carboxylic acids is 1. The van der Waals surface area contributed by atoms with Gasteiger partial charge in [0.25, 0.3) is 5.78 Å². The van der Waals surface area contributed by atoms with Crippen molar-refractivity contribution in [2.24, 2.45) is 0 Å². The molecule has 0 unspecified atom stereocenters. The maximum atomic E-state index is 13.2.